The van der Waals surface area contributed by atoms with Gasteiger partial charge in [-0.2, -0.15) is 0 Å². The summed E-state index contributed by atoms with van der Waals surface area (Å²) in [6, 6.07) is 18.1. The molecule has 0 aliphatic rings. The highest BCUT2D eigenvalue weighted by molar-refractivity contribution is 5.97. The van der Waals surface area contributed by atoms with Gasteiger partial charge in [0.2, 0.25) is 0 Å². The topological polar surface area (TPSA) is 64.8 Å². The molecule has 2 heterocycles. The van der Waals surface area contributed by atoms with E-state index in [9.17, 15) is 9.59 Å². The summed E-state index contributed by atoms with van der Waals surface area (Å²) >= 11 is 0. The molecule has 0 aliphatic carbocycles. The van der Waals surface area contributed by atoms with Crippen LogP contribution in [0.15, 0.2) is 77.9 Å². The van der Waals surface area contributed by atoms with Gasteiger partial charge in [0.1, 0.15) is 5.82 Å². The molecular formula is C22H17N3O2. The van der Waals surface area contributed by atoms with E-state index in [0.29, 0.717) is 22.3 Å². The minimum Gasteiger partial charge on any atom is -0.294 e. The van der Waals surface area contributed by atoms with Crippen molar-refractivity contribution < 1.29 is 4.79 Å². The second-order valence-electron chi connectivity index (χ2n) is 6.31. The molecule has 0 N–H and O–H groups in total. The number of carbonyl (C=O) groups is 1. The van der Waals surface area contributed by atoms with Crippen molar-refractivity contribution in [2.45, 2.75) is 13.3 Å². The molecular weight excluding hydrogens is 338 g/mol. The zero-order valence-corrected chi connectivity index (χ0v) is 14.8. The summed E-state index contributed by atoms with van der Waals surface area (Å²) in [7, 11) is 0. The highest BCUT2D eigenvalue weighted by Crippen LogP contribution is 2.17. The summed E-state index contributed by atoms with van der Waals surface area (Å²) < 4.78 is 1.55. The van der Waals surface area contributed by atoms with Gasteiger partial charge in [0.05, 0.1) is 23.0 Å². The first-order chi connectivity index (χ1) is 13.1. The molecule has 0 atom stereocenters. The molecule has 0 spiro atoms. The smallest absolute Gasteiger partial charge is 0.265 e. The molecule has 27 heavy (non-hydrogen) atoms. The van der Waals surface area contributed by atoms with Crippen LogP contribution in [-0.2, 0) is 6.42 Å². The van der Waals surface area contributed by atoms with Crippen molar-refractivity contribution in [2.75, 3.05) is 0 Å². The number of ketones is 1. The summed E-state index contributed by atoms with van der Waals surface area (Å²) in [4.78, 5) is 34.6. The molecule has 0 aliphatic heterocycles. The third kappa shape index (κ3) is 3.15. The summed E-state index contributed by atoms with van der Waals surface area (Å²) in [6.07, 6.45) is 3.18. The van der Waals surface area contributed by atoms with Gasteiger partial charge in [-0.15, -0.1) is 0 Å². The monoisotopic (exact) mass is 355 g/mol. The number of rotatable bonds is 4. The Labute approximate surface area is 156 Å². The normalized spacial score (nSPS) is 10.9. The molecule has 4 rings (SSSR count). The van der Waals surface area contributed by atoms with Crippen molar-refractivity contribution in [1.29, 1.82) is 0 Å². The molecule has 2 aromatic carbocycles. The first-order valence-electron chi connectivity index (χ1n) is 8.65. The fourth-order valence-electron chi connectivity index (χ4n) is 3.14. The van der Waals surface area contributed by atoms with Gasteiger partial charge in [-0.1, -0.05) is 30.3 Å². The van der Waals surface area contributed by atoms with E-state index < -0.39 is 0 Å². The van der Waals surface area contributed by atoms with Crippen LogP contribution in [0, 0.1) is 6.92 Å². The second kappa shape index (κ2) is 6.96. The van der Waals surface area contributed by atoms with Crippen LogP contribution in [0.1, 0.15) is 21.7 Å². The number of hydrogen-bond acceptors (Lipinski definition) is 4. The molecule has 0 saturated carbocycles. The summed E-state index contributed by atoms with van der Waals surface area (Å²) in [6.45, 7) is 1.94. The number of Topliss-reactive ketones (excluding diaryl/α,β-unsaturated/α-hetero) is 1. The summed E-state index contributed by atoms with van der Waals surface area (Å²) in [5.74, 6) is 0.316. The van der Waals surface area contributed by atoms with E-state index in [2.05, 4.69) is 9.97 Å². The zero-order valence-electron chi connectivity index (χ0n) is 14.8. The number of carbonyl (C=O) groups excluding carboxylic acids is 1. The van der Waals surface area contributed by atoms with Gasteiger partial charge in [-0.05, 0) is 42.8 Å². The molecule has 0 amide bonds. The maximum atomic E-state index is 13.2. The molecule has 0 saturated heterocycles. The van der Waals surface area contributed by atoms with E-state index in [1.165, 1.54) is 0 Å². The van der Waals surface area contributed by atoms with E-state index in [0.717, 1.165) is 11.3 Å². The van der Waals surface area contributed by atoms with Crippen LogP contribution in [0.5, 0.6) is 0 Å². The first kappa shape index (κ1) is 16.8. The predicted octanol–water partition coefficient (Wildman–Crippen LogP) is 3.51. The fraction of sp³-hybridized carbons (Fsp3) is 0.0909. The number of fused-ring (bicyclic) bond motifs is 1. The molecule has 2 aromatic heterocycles. The number of para-hydroxylation sites is 2. The average molecular weight is 355 g/mol. The lowest BCUT2D eigenvalue weighted by Gasteiger charge is -2.15. The van der Waals surface area contributed by atoms with Crippen molar-refractivity contribution in [3.63, 3.8) is 0 Å². The van der Waals surface area contributed by atoms with E-state index in [-0.39, 0.29) is 17.8 Å². The Kier molecular flexibility index (Phi) is 4.34. The Morgan fingerprint density at radius 1 is 0.963 bits per heavy atom. The third-order valence-corrected chi connectivity index (χ3v) is 4.52. The van der Waals surface area contributed by atoms with Gasteiger partial charge in [0.25, 0.3) is 5.56 Å². The van der Waals surface area contributed by atoms with E-state index >= 15 is 0 Å². The average Bonchev–Trinajstić information content (AvgIpc) is 2.70. The SMILES string of the molecule is Cc1ccccc1-n1c(CC(=O)c2ccncc2)nc2ccccc2c1=O. The van der Waals surface area contributed by atoms with Gasteiger partial charge in [-0.25, -0.2) is 4.98 Å². The number of aromatic nitrogens is 3. The van der Waals surface area contributed by atoms with Crippen molar-refractivity contribution in [3.05, 3.63) is 100 Å². The molecule has 5 heteroatoms. The Morgan fingerprint density at radius 2 is 1.67 bits per heavy atom. The van der Waals surface area contributed by atoms with Crippen LogP contribution < -0.4 is 5.56 Å². The quantitative estimate of drug-likeness (QED) is 0.526. The Hall–Kier alpha value is -3.60. The summed E-state index contributed by atoms with van der Waals surface area (Å²) in [5.41, 5.74) is 2.63. The molecule has 4 aromatic rings. The number of aryl methyl sites for hydroxylation is 1. The van der Waals surface area contributed by atoms with Gasteiger partial charge in [-0.3, -0.25) is 19.1 Å². The minimum absolute atomic E-state index is 0.0262. The van der Waals surface area contributed by atoms with Crippen LogP contribution in [-0.4, -0.2) is 20.3 Å². The Balaban J connectivity index is 1.93. The van der Waals surface area contributed by atoms with Crippen LogP contribution >= 0.6 is 0 Å². The summed E-state index contributed by atoms with van der Waals surface area (Å²) in [5, 5.41) is 0.529. The van der Waals surface area contributed by atoms with Gasteiger partial charge in [0, 0.05) is 18.0 Å². The van der Waals surface area contributed by atoms with E-state index in [1.54, 1.807) is 41.2 Å². The molecule has 0 bridgehead atoms. The maximum Gasteiger partial charge on any atom is 0.265 e. The lowest BCUT2D eigenvalue weighted by molar-refractivity contribution is 0.0990. The van der Waals surface area contributed by atoms with Crippen LogP contribution in [0.2, 0.25) is 0 Å². The second-order valence-corrected chi connectivity index (χ2v) is 6.31. The fourth-order valence-corrected chi connectivity index (χ4v) is 3.14. The molecule has 0 fully saturated rings. The number of benzene rings is 2. The van der Waals surface area contributed by atoms with Gasteiger partial charge >= 0.3 is 0 Å². The highest BCUT2D eigenvalue weighted by atomic mass is 16.1. The Bertz CT molecular complexity index is 1200. The molecule has 0 unspecified atom stereocenters. The van der Waals surface area contributed by atoms with E-state index in [1.807, 2.05) is 43.3 Å². The number of hydrogen-bond donors (Lipinski definition) is 0. The van der Waals surface area contributed by atoms with Crippen molar-refractivity contribution in [1.82, 2.24) is 14.5 Å². The van der Waals surface area contributed by atoms with Crippen LogP contribution in [0.4, 0.5) is 0 Å². The lowest BCUT2D eigenvalue weighted by Crippen LogP contribution is -2.26. The minimum atomic E-state index is -0.174. The van der Waals surface area contributed by atoms with Crippen molar-refractivity contribution >= 4 is 16.7 Å². The van der Waals surface area contributed by atoms with Crippen LogP contribution in [0.25, 0.3) is 16.6 Å². The number of pyridine rings is 1. The van der Waals surface area contributed by atoms with Crippen LogP contribution in [0.3, 0.4) is 0 Å². The van der Waals surface area contributed by atoms with E-state index in [4.69, 9.17) is 0 Å². The Morgan fingerprint density at radius 3 is 2.44 bits per heavy atom. The van der Waals surface area contributed by atoms with Gasteiger partial charge < -0.3 is 0 Å². The largest absolute Gasteiger partial charge is 0.294 e. The third-order valence-electron chi connectivity index (χ3n) is 4.52. The van der Waals surface area contributed by atoms with Crippen molar-refractivity contribution in [3.8, 4) is 5.69 Å². The zero-order chi connectivity index (χ0) is 18.8. The molecule has 132 valence electrons. The molecule has 0 radical (unpaired) electrons. The van der Waals surface area contributed by atoms with Gasteiger partial charge in [0.15, 0.2) is 5.78 Å². The predicted molar refractivity (Wildman–Crippen MR) is 104 cm³/mol. The first-order valence-corrected chi connectivity index (χ1v) is 8.65. The molecule has 5 nitrogen and oxygen atoms in total. The van der Waals surface area contributed by atoms with Crippen molar-refractivity contribution in [2.24, 2.45) is 0 Å². The standard InChI is InChI=1S/C22H17N3O2/c1-15-6-2-5-9-19(15)25-21(14-20(26)16-10-12-23-13-11-16)24-18-8-4-3-7-17(18)22(25)27/h2-13H,14H2,1H3. The number of nitrogens with zero attached hydrogens (tertiary/aromatic N) is 3. The maximum absolute atomic E-state index is 13.2. The lowest BCUT2D eigenvalue weighted by atomic mass is 10.1. The highest BCUT2D eigenvalue weighted by Gasteiger charge is 2.17.